The third-order valence-corrected chi connectivity index (χ3v) is 3.39. The van der Waals surface area contributed by atoms with E-state index in [0.717, 1.165) is 13.1 Å². The number of nitrogens with zero attached hydrogens (tertiary/aromatic N) is 1. The zero-order valence-corrected chi connectivity index (χ0v) is 10.2. The highest BCUT2D eigenvalue weighted by Gasteiger charge is 2.21. The van der Waals surface area contributed by atoms with Crippen molar-refractivity contribution in [2.75, 3.05) is 32.7 Å². The van der Waals surface area contributed by atoms with E-state index in [2.05, 4.69) is 17.1 Å². The molecule has 0 amide bonds. The topological polar surface area (TPSA) is 35.5 Å². The van der Waals surface area contributed by atoms with E-state index in [1.54, 1.807) is 0 Å². The van der Waals surface area contributed by atoms with Crippen LogP contribution in [0.1, 0.15) is 33.1 Å². The van der Waals surface area contributed by atoms with Gasteiger partial charge < -0.3 is 15.3 Å². The minimum absolute atomic E-state index is 0.117. The zero-order chi connectivity index (χ0) is 11.1. The van der Waals surface area contributed by atoms with E-state index in [-0.39, 0.29) is 6.10 Å². The van der Waals surface area contributed by atoms with Crippen LogP contribution < -0.4 is 5.32 Å². The van der Waals surface area contributed by atoms with Gasteiger partial charge in [-0.05, 0) is 64.8 Å². The van der Waals surface area contributed by atoms with Crippen LogP contribution in [0.25, 0.3) is 0 Å². The molecule has 1 fully saturated rings. The highest BCUT2D eigenvalue weighted by atomic mass is 16.3. The fourth-order valence-electron chi connectivity index (χ4n) is 2.26. The van der Waals surface area contributed by atoms with Crippen LogP contribution in [0.3, 0.4) is 0 Å². The first-order valence-electron chi connectivity index (χ1n) is 6.35. The second-order valence-electron chi connectivity index (χ2n) is 4.63. The summed E-state index contributed by atoms with van der Waals surface area (Å²) in [4.78, 5) is 2.52. The number of aliphatic hydroxyl groups excluding tert-OH is 1. The molecule has 0 aliphatic carbocycles. The van der Waals surface area contributed by atoms with Crippen molar-refractivity contribution >= 4 is 0 Å². The smallest absolute Gasteiger partial charge is 0.0541 e. The van der Waals surface area contributed by atoms with Crippen molar-refractivity contribution in [3.05, 3.63) is 0 Å². The van der Waals surface area contributed by atoms with Crippen LogP contribution in [0.4, 0.5) is 0 Å². The Balaban J connectivity index is 2.04. The van der Waals surface area contributed by atoms with Crippen molar-refractivity contribution in [3.8, 4) is 0 Å². The van der Waals surface area contributed by atoms with Gasteiger partial charge in [0.05, 0.1) is 6.10 Å². The standard InChI is InChI=1S/C12H26N2O/c1-3-13-7-4-8-14-9-5-12(6-10-14)11(2)15/h11-13,15H,3-10H2,1-2H3. The molecule has 2 N–H and O–H groups in total. The minimum Gasteiger partial charge on any atom is -0.393 e. The average Bonchev–Trinajstić information content (AvgIpc) is 2.25. The summed E-state index contributed by atoms with van der Waals surface area (Å²) in [5.74, 6) is 0.537. The number of nitrogens with one attached hydrogen (secondary N) is 1. The summed E-state index contributed by atoms with van der Waals surface area (Å²) in [5.41, 5.74) is 0. The maximum atomic E-state index is 9.48. The molecule has 1 aliphatic rings. The van der Waals surface area contributed by atoms with Crippen molar-refractivity contribution in [2.24, 2.45) is 5.92 Å². The monoisotopic (exact) mass is 214 g/mol. The molecule has 1 unspecified atom stereocenters. The number of rotatable bonds is 6. The van der Waals surface area contributed by atoms with E-state index in [9.17, 15) is 5.11 Å². The molecule has 0 aromatic rings. The summed E-state index contributed by atoms with van der Waals surface area (Å²) in [6.07, 6.45) is 3.46. The Morgan fingerprint density at radius 1 is 1.40 bits per heavy atom. The summed E-state index contributed by atoms with van der Waals surface area (Å²) in [6.45, 7) is 9.82. The van der Waals surface area contributed by atoms with Gasteiger partial charge in [-0.1, -0.05) is 6.92 Å². The van der Waals surface area contributed by atoms with Crippen molar-refractivity contribution in [2.45, 2.75) is 39.2 Å². The average molecular weight is 214 g/mol. The molecule has 15 heavy (non-hydrogen) atoms. The van der Waals surface area contributed by atoms with Crippen molar-refractivity contribution < 1.29 is 5.11 Å². The highest BCUT2D eigenvalue weighted by Crippen LogP contribution is 2.20. The van der Waals surface area contributed by atoms with Gasteiger partial charge in [-0.2, -0.15) is 0 Å². The van der Waals surface area contributed by atoms with Gasteiger partial charge in [0.25, 0.3) is 0 Å². The van der Waals surface area contributed by atoms with Gasteiger partial charge in [0.1, 0.15) is 0 Å². The fraction of sp³-hybridized carbons (Fsp3) is 1.00. The fourth-order valence-corrected chi connectivity index (χ4v) is 2.26. The summed E-state index contributed by atoms with van der Waals surface area (Å²) in [5, 5.41) is 12.8. The molecule has 0 aromatic carbocycles. The summed E-state index contributed by atoms with van der Waals surface area (Å²) in [6, 6.07) is 0. The van der Waals surface area contributed by atoms with Crippen molar-refractivity contribution in [3.63, 3.8) is 0 Å². The van der Waals surface area contributed by atoms with Gasteiger partial charge in [0.15, 0.2) is 0 Å². The molecule has 3 nitrogen and oxygen atoms in total. The molecule has 90 valence electrons. The second kappa shape index (κ2) is 7.20. The van der Waals surface area contributed by atoms with Gasteiger partial charge in [0.2, 0.25) is 0 Å². The van der Waals surface area contributed by atoms with Crippen LogP contribution in [-0.4, -0.2) is 48.8 Å². The van der Waals surface area contributed by atoms with E-state index in [1.807, 2.05) is 6.92 Å². The molecular formula is C12H26N2O. The Morgan fingerprint density at radius 2 is 2.07 bits per heavy atom. The molecule has 1 aliphatic heterocycles. The van der Waals surface area contributed by atoms with Gasteiger partial charge >= 0.3 is 0 Å². The lowest BCUT2D eigenvalue weighted by Crippen LogP contribution is -2.38. The first-order chi connectivity index (χ1) is 7.24. The quantitative estimate of drug-likeness (QED) is 0.650. The molecular weight excluding hydrogens is 188 g/mol. The zero-order valence-electron chi connectivity index (χ0n) is 10.2. The summed E-state index contributed by atoms with van der Waals surface area (Å²) < 4.78 is 0. The third-order valence-electron chi connectivity index (χ3n) is 3.39. The van der Waals surface area contributed by atoms with E-state index in [1.165, 1.54) is 38.9 Å². The van der Waals surface area contributed by atoms with Crippen molar-refractivity contribution in [1.29, 1.82) is 0 Å². The predicted octanol–water partition coefficient (Wildman–Crippen LogP) is 1.08. The number of aliphatic hydroxyl groups is 1. The molecule has 0 spiro atoms. The highest BCUT2D eigenvalue weighted by molar-refractivity contribution is 4.75. The van der Waals surface area contributed by atoms with Crippen LogP contribution in [0.15, 0.2) is 0 Å². The normalized spacial score (nSPS) is 21.8. The molecule has 0 bridgehead atoms. The molecule has 0 saturated carbocycles. The number of piperidine rings is 1. The first kappa shape index (κ1) is 12.9. The minimum atomic E-state index is -0.117. The van der Waals surface area contributed by atoms with Crippen LogP contribution in [0.5, 0.6) is 0 Å². The van der Waals surface area contributed by atoms with Crippen LogP contribution in [0, 0.1) is 5.92 Å². The molecule has 1 atom stereocenters. The lowest BCUT2D eigenvalue weighted by atomic mass is 9.92. The maximum absolute atomic E-state index is 9.48. The molecule has 1 heterocycles. The van der Waals surface area contributed by atoms with Crippen LogP contribution >= 0.6 is 0 Å². The van der Waals surface area contributed by atoms with Gasteiger partial charge in [0, 0.05) is 0 Å². The van der Waals surface area contributed by atoms with Gasteiger partial charge in [-0.25, -0.2) is 0 Å². The Labute approximate surface area is 93.9 Å². The van der Waals surface area contributed by atoms with E-state index >= 15 is 0 Å². The van der Waals surface area contributed by atoms with E-state index < -0.39 is 0 Å². The SMILES string of the molecule is CCNCCCN1CCC(C(C)O)CC1. The Morgan fingerprint density at radius 3 is 2.60 bits per heavy atom. The van der Waals surface area contributed by atoms with Crippen LogP contribution in [-0.2, 0) is 0 Å². The lowest BCUT2D eigenvalue weighted by Gasteiger charge is -2.33. The van der Waals surface area contributed by atoms with Gasteiger partial charge in [-0.15, -0.1) is 0 Å². The molecule has 0 radical (unpaired) electrons. The Hall–Kier alpha value is -0.120. The third kappa shape index (κ3) is 4.96. The number of likely N-dealkylation sites (tertiary alicyclic amines) is 1. The molecule has 1 rings (SSSR count). The Bertz CT molecular complexity index is 154. The van der Waals surface area contributed by atoms with Crippen molar-refractivity contribution in [1.82, 2.24) is 10.2 Å². The molecule has 3 heteroatoms. The Kier molecular flexibility index (Phi) is 6.22. The summed E-state index contributed by atoms with van der Waals surface area (Å²) >= 11 is 0. The van der Waals surface area contributed by atoms with E-state index in [4.69, 9.17) is 0 Å². The van der Waals surface area contributed by atoms with E-state index in [0.29, 0.717) is 5.92 Å². The summed E-state index contributed by atoms with van der Waals surface area (Å²) in [7, 11) is 0. The predicted molar refractivity (Wildman–Crippen MR) is 64.0 cm³/mol. The lowest BCUT2D eigenvalue weighted by molar-refractivity contribution is 0.0716. The number of hydrogen-bond donors (Lipinski definition) is 2. The first-order valence-corrected chi connectivity index (χ1v) is 6.35. The molecule has 1 saturated heterocycles. The molecule has 0 aromatic heterocycles. The maximum Gasteiger partial charge on any atom is 0.0541 e. The second-order valence-corrected chi connectivity index (χ2v) is 4.63. The van der Waals surface area contributed by atoms with Crippen LogP contribution in [0.2, 0.25) is 0 Å². The van der Waals surface area contributed by atoms with Gasteiger partial charge in [-0.3, -0.25) is 0 Å². The number of hydrogen-bond acceptors (Lipinski definition) is 3. The largest absolute Gasteiger partial charge is 0.393 e.